The third-order valence-electron chi connectivity index (χ3n) is 1.67. The summed E-state index contributed by atoms with van der Waals surface area (Å²) in [6.45, 7) is 5.83. The van der Waals surface area contributed by atoms with Gasteiger partial charge in [-0.1, -0.05) is 13.8 Å². The van der Waals surface area contributed by atoms with Crippen molar-refractivity contribution in [3.05, 3.63) is 17.8 Å². The first-order valence-electron chi connectivity index (χ1n) is 4.00. The molecule has 1 rings (SSSR count). The van der Waals surface area contributed by atoms with Gasteiger partial charge in [0.25, 0.3) is 0 Å². The van der Waals surface area contributed by atoms with Crippen LogP contribution in [0.1, 0.15) is 44.3 Å². The van der Waals surface area contributed by atoms with Crippen molar-refractivity contribution >= 4 is 0 Å². The van der Waals surface area contributed by atoms with Crippen molar-refractivity contribution in [1.29, 1.82) is 5.26 Å². The van der Waals surface area contributed by atoms with Crippen molar-refractivity contribution in [2.75, 3.05) is 0 Å². The molecule has 0 amide bonds. The lowest BCUT2D eigenvalue weighted by molar-refractivity contribution is 0.433. The third kappa shape index (κ3) is 1.65. The fourth-order valence-electron chi connectivity index (χ4n) is 0.823. The number of hydrogen-bond donors (Lipinski definition) is 0. The molecule has 0 bridgehead atoms. The van der Waals surface area contributed by atoms with E-state index < -0.39 is 0 Å². The predicted molar refractivity (Wildman–Crippen MR) is 44.6 cm³/mol. The van der Waals surface area contributed by atoms with Gasteiger partial charge < -0.3 is 4.42 Å². The lowest BCUT2D eigenvalue weighted by Crippen LogP contribution is -1.88. The van der Waals surface area contributed by atoms with Gasteiger partial charge in [-0.15, -0.1) is 0 Å². The molecule has 0 fully saturated rings. The smallest absolute Gasteiger partial charge is 0.211 e. The molecule has 0 saturated heterocycles. The van der Waals surface area contributed by atoms with Crippen molar-refractivity contribution < 1.29 is 4.42 Å². The van der Waals surface area contributed by atoms with Crippen LogP contribution in [0.15, 0.2) is 10.6 Å². The Morgan fingerprint density at radius 1 is 1.50 bits per heavy atom. The summed E-state index contributed by atoms with van der Waals surface area (Å²) >= 11 is 0. The van der Waals surface area contributed by atoms with Crippen LogP contribution < -0.4 is 0 Å². The molecular formula is C9H12N2O. The maximum absolute atomic E-state index is 8.59. The van der Waals surface area contributed by atoms with Gasteiger partial charge in [-0.05, 0) is 6.92 Å². The van der Waals surface area contributed by atoms with Gasteiger partial charge in [-0.2, -0.15) is 5.26 Å². The Hall–Kier alpha value is -1.30. The second-order valence-corrected chi connectivity index (χ2v) is 3.11. The molecule has 1 aromatic heterocycles. The first-order valence-corrected chi connectivity index (χ1v) is 4.00. The van der Waals surface area contributed by atoms with E-state index in [9.17, 15) is 0 Å². The minimum atomic E-state index is -0.252. The van der Waals surface area contributed by atoms with E-state index in [0.717, 1.165) is 5.76 Å². The molecule has 0 saturated carbocycles. The highest BCUT2D eigenvalue weighted by Crippen LogP contribution is 2.19. The zero-order valence-corrected chi connectivity index (χ0v) is 7.53. The molecule has 3 nitrogen and oxygen atoms in total. The average Bonchev–Trinajstić information content (AvgIpc) is 2.51. The summed E-state index contributed by atoms with van der Waals surface area (Å²) in [6, 6.07) is 2.08. The maximum Gasteiger partial charge on any atom is 0.211 e. The van der Waals surface area contributed by atoms with Crippen LogP contribution in [-0.4, -0.2) is 4.98 Å². The zero-order valence-electron chi connectivity index (χ0n) is 7.53. The van der Waals surface area contributed by atoms with Crippen LogP contribution in [0.4, 0.5) is 0 Å². The molecule has 0 aliphatic heterocycles. The molecule has 1 atom stereocenters. The number of rotatable bonds is 2. The summed E-state index contributed by atoms with van der Waals surface area (Å²) in [5, 5.41) is 8.59. The van der Waals surface area contributed by atoms with Crippen LogP contribution in [0.25, 0.3) is 0 Å². The topological polar surface area (TPSA) is 49.8 Å². The normalized spacial score (nSPS) is 12.9. The highest BCUT2D eigenvalue weighted by Gasteiger charge is 2.12. The number of nitriles is 1. The minimum absolute atomic E-state index is 0.252. The highest BCUT2D eigenvalue weighted by molar-refractivity contribution is 5.07. The minimum Gasteiger partial charge on any atom is -0.444 e. The van der Waals surface area contributed by atoms with Crippen LogP contribution in [-0.2, 0) is 0 Å². The lowest BCUT2D eigenvalue weighted by atomic mass is 10.2. The Kier molecular flexibility index (Phi) is 2.49. The molecule has 0 radical (unpaired) electrons. The second kappa shape index (κ2) is 3.40. The maximum atomic E-state index is 8.59. The molecule has 3 heteroatoms. The largest absolute Gasteiger partial charge is 0.444 e. The number of oxazole rings is 1. The molecule has 1 heterocycles. The Labute approximate surface area is 72.0 Å². The van der Waals surface area contributed by atoms with E-state index in [-0.39, 0.29) is 5.92 Å². The van der Waals surface area contributed by atoms with Gasteiger partial charge in [-0.3, -0.25) is 0 Å². The van der Waals surface area contributed by atoms with Gasteiger partial charge in [0, 0.05) is 5.92 Å². The molecule has 0 N–H and O–H groups in total. The molecule has 0 aliphatic carbocycles. The Bertz CT molecular complexity index is 296. The number of aromatic nitrogens is 1. The van der Waals surface area contributed by atoms with E-state index in [1.54, 1.807) is 13.1 Å². The monoisotopic (exact) mass is 164 g/mol. The van der Waals surface area contributed by atoms with Gasteiger partial charge in [0.15, 0.2) is 0 Å². The van der Waals surface area contributed by atoms with Crippen molar-refractivity contribution in [2.45, 2.75) is 32.6 Å². The predicted octanol–water partition coefficient (Wildman–Crippen LogP) is 2.43. The van der Waals surface area contributed by atoms with Gasteiger partial charge in [0.2, 0.25) is 5.89 Å². The van der Waals surface area contributed by atoms with E-state index >= 15 is 0 Å². The van der Waals surface area contributed by atoms with Crippen molar-refractivity contribution in [1.82, 2.24) is 4.98 Å². The SMILES string of the molecule is CC(C)c1cnc(C(C)C#N)o1. The van der Waals surface area contributed by atoms with Gasteiger partial charge in [0.05, 0.1) is 12.3 Å². The van der Waals surface area contributed by atoms with Crippen LogP contribution in [0.2, 0.25) is 0 Å². The summed E-state index contributed by atoms with van der Waals surface area (Å²) in [5.74, 6) is 1.43. The number of hydrogen-bond acceptors (Lipinski definition) is 3. The van der Waals surface area contributed by atoms with Crippen molar-refractivity contribution in [3.63, 3.8) is 0 Å². The first kappa shape index (κ1) is 8.79. The second-order valence-electron chi connectivity index (χ2n) is 3.11. The summed E-state index contributed by atoms with van der Waals surface area (Å²) in [5.41, 5.74) is 0. The van der Waals surface area contributed by atoms with E-state index in [0.29, 0.717) is 11.8 Å². The van der Waals surface area contributed by atoms with Crippen molar-refractivity contribution in [3.8, 4) is 6.07 Å². The Balaban J connectivity index is 2.86. The Morgan fingerprint density at radius 3 is 2.58 bits per heavy atom. The molecule has 0 spiro atoms. The molecule has 0 aliphatic rings. The van der Waals surface area contributed by atoms with E-state index in [1.165, 1.54) is 0 Å². The average molecular weight is 164 g/mol. The fraction of sp³-hybridized carbons (Fsp3) is 0.556. The first-order chi connectivity index (χ1) is 5.65. The molecule has 1 aromatic rings. The van der Waals surface area contributed by atoms with Gasteiger partial charge in [0.1, 0.15) is 11.7 Å². The van der Waals surface area contributed by atoms with Crippen LogP contribution in [0.3, 0.4) is 0 Å². The molecule has 0 aromatic carbocycles. The van der Waals surface area contributed by atoms with E-state index in [2.05, 4.69) is 11.1 Å². The summed E-state index contributed by atoms with van der Waals surface area (Å²) in [4.78, 5) is 4.02. The number of nitrogens with zero attached hydrogens (tertiary/aromatic N) is 2. The third-order valence-corrected chi connectivity index (χ3v) is 1.67. The van der Waals surface area contributed by atoms with Crippen molar-refractivity contribution in [2.24, 2.45) is 0 Å². The summed E-state index contributed by atoms with van der Waals surface area (Å²) in [7, 11) is 0. The summed E-state index contributed by atoms with van der Waals surface area (Å²) in [6.07, 6.45) is 1.69. The summed E-state index contributed by atoms with van der Waals surface area (Å²) < 4.78 is 5.36. The van der Waals surface area contributed by atoms with Gasteiger partial charge in [-0.25, -0.2) is 4.98 Å². The van der Waals surface area contributed by atoms with E-state index in [4.69, 9.17) is 9.68 Å². The zero-order chi connectivity index (χ0) is 9.14. The van der Waals surface area contributed by atoms with Crippen LogP contribution >= 0.6 is 0 Å². The molecule has 64 valence electrons. The standard InChI is InChI=1S/C9H12N2O/c1-6(2)8-5-11-9(12-8)7(3)4-10/h5-7H,1-3H3. The van der Waals surface area contributed by atoms with Gasteiger partial charge >= 0.3 is 0 Å². The van der Waals surface area contributed by atoms with Crippen LogP contribution in [0.5, 0.6) is 0 Å². The molecule has 1 unspecified atom stereocenters. The fourth-order valence-corrected chi connectivity index (χ4v) is 0.823. The highest BCUT2D eigenvalue weighted by atomic mass is 16.4. The Morgan fingerprint density at radius 2 is 2.17 bits per heavy atom. The molecule has 12 heavy (non-hydrogen) atoms. The molecular weight excluding hydrogens is 152 g/mol. The van der Waals surface area contributed by atoms with Crippen LogP contribution in [0, 0.1) is 11.3 Å². The lowest BCUT2D eigenvalue weighted by Gasteiger charge is -1.97. The van der Waals surface area contributed by atoms with E-state index in [1.807, 2.05) is 13.8 Å². The quantitative estimate of drug-likeness (QED) is 0.674.